The summed E-state index contributed by atoms with van der Waals surface area (Å²) < 4.78 is 9.99. The third-order valence-corrected chi connectivity index (χ3v) is 2.57. The Morgan fingerprint density at radius 1 is 1.44 bits per heavy atom. The summed E-state index contributed by atoms with van der Waals surface area (Å²) >= 11 is 0. The van der Waals surface area contributed by atoms with Crippen LogP contribution in [0.3, 0.4) is 0 Å². The van der Waals surface area contributed by atoms with E-state index in [4.69, 9.17) is 14.3 Å². The molecule has 0 amide bonds. The Balaban J connectivity index is 2.37. The summed E-state index contributed by atoms with van der Waals surface area (Å²) in [7, 11) is 0. The highest BCUT2D eigenvalue weighted by molar-refractivity contribution is 5.84. The molecule has 1 heterocycles. The summed E-state index contributed by atoms with van der Waals surface area (Å²) in [5.41, 5.74) is 0. The molecule has 1 aromatic heterocycles. The Kier molecular flexibility index (Phi) is 5.42. The van der Waals surface area contributed by atoms with E-state index in [-0.39, 0.29) is 17.6 Å². The molecule has 5 nitrogen and oxygen atoms in total. The van der Waals surface area contributed by atoms with Gasteiger partial charge in [0.2, 0.25) is 5.76 Å². The van der Waals surface area contributed by atoms with Gasteiger partial charge in [0, 0.05) is 12.8 Å². The van der Waals surface area contributed by atoms with E-state index in [2.05, 4.69) is 0 Å². The molecule has 1 atom stereocenters. The number of carbonyl (C=O) groups excluding carboxylic acids is 1. The zero-order valence-corrected chi connectivity index (χ0v) is 10.6. The first-order valence-corrected chi connectivity index (χ1v) is 6.00. The SMILES string of the molecule is CCOC(=O)CCC(C)Cc1ccc(C(=O)O)o1. The summed E-state index contributed by atoms with van der Waals surface area (Å²) in [6.07, 6.45) is 1.69. The van der Waals surface area contributed by atoms with Crippen LogP contribution in [0.25, 0.3) is 0 Å². The van der Waals surface area contributed by atoms with Gasteiger partial charge in [-0.3, -0.25) is 4.79 Å². The second-order valence-electron chi connectivity index (χ2n) is 4.22. The zero-order valence-electron chi connectivity index (χ0n) is 10.6. The van der Waals surface area contributed by atoms with Crippen molar-refractivity contribution in [3.05, 3.63) is 23.7 Å². The van der Waals surface area contributed by atoms with Crippen molar-refractivity contribution < 1.29 is 23.8 Å². The van der Waals surface area contributed by atoms with Gasteiger partial charge in [0.25, 0.3) is 0 Å². The van der Waals surface area contributed by atoms with Gasteiger partial charge in [-0.2, -0.15) is 0 Å². The molecule has 0 aliphatic heterocycles. The lowest BCUT2D eigenvalue weighted by molar-refractivity contribution is -0.143. The van der Waals surface area contributed by atoms with E-state index in [0.717, 1.165) is 0 Å². The van der Waals surface area contributed by atoms with E-state index in [1.165, 1.54) is 6.07 Å². The van der Waals surface area contributed by atoms with Gasteiger partial charge in [-0.1, -0.05) is 6.92 Å². The molecule has 100 valence electrons. The molecule has 0 spiro atoms. The molecule has 5 heteroatoms. The van der Waals surface area contributed by atoms with E-state index in [1.54, 1.807) is 13.0 Å². The fourth-order valence-electron chi connectivity index (χ4n) is 1.65. The first kappa shape index (κ1) is 14.3. The van der Waals surface area contributed by atoms with E-state index < -0.39 is 5.97 Å². The van der Waals surface area contributed by atoms with Crippen molar-refractivity contribution in [2.45, 2.75) is 33.1 Å². The van der Waals surface area contributed by atoms with E-state index in [0.29, 0.717) is 31.6 Å². The summed E-state index contributed by atoms with van der Waals surface area (Å²) in [6, 6.07) is 3.10. The molecule has 1 N–H and O–H groups in total. The van der Waals surface area contributed by atoms with Crippen molar-refractivity contribution in [3.8, 4) is 0 Å². The van der Waals surface area contributed by atoms with Crippen LogP contribution in [0.4, 0.5) is 0 Å². The van der Waals surface area contributed by atoms with Gasteiger partial charge in [0.1, 0.15) is 5.76 Å². The highest BCUT2D eigenvalue weighted by Crippen LogP contribution is 2.16. The highest BCUT2D eigenvalue weighted by atomic mass is 16.5. The fourth-order valence-corrected chi connectivity index (χ4v) is 1.65. The van der Waals surface area contributed by atoms with Crippen LogP contribution in [0.1, 0.15) is 43.0 Å². The number of aromatic carboxylic acids is 1. The lowest BCUT2D eigenvalue weighted by atomic mass is 10.0. The van der Waals surface area contributed by atoms with Crippen LogP contribution in [-0.2, 0) is 16.0 Å². The number of carboxylic acids is 1. The van der Waals surface area contributed by atoms with Gasteiger partial charge >= 0.3 is 11.9 Å². The Labute approximate surface area is 106 Å². The van der Waals surface area contributed by atoms with E-state index in [9.17, 15) is 9.59 Å². The van der Waals surface area contributed by atoms with Crippen LogP contribution >= 0.6 is 0 Å². The van der Waals surface area contributed by atoms with E-state index in [1.807, 2.05) is 6.92 Å². The maximum absolute atomic E-state index is 11.2. The number of furan rings is 1. The predicted octanol–water partition coefficient (Wildman–Crippen LogP) is 2.50. The first-order chi connectivity index (χ1) is 8.52. The van der Waals surface area contributed by atoms with Crippen molar-refractivity contribution >= 4 is 11.9 Å². The average Bonchev–Trinajstić information content (AvgIpc) is 2.75. The average molecular weight is 254 g/mol. The molecule has 0 bridgehead atoms. The van der Waals surface area contributed by atoms with Crippen LogP contribution in [0, 0.1) is 5.92 Å². The molecule has 0 aliphatic carbocycles. The molecule has 0 fully saturated rings. The second kappa shape index (κ2) is 6.83. The molecule has 0 radical (unpaired) electrons. The summed E-state index contributed by atoms with van der Waals surface area (Å²) in [6.45, 7) is 4.16. The van der Waals surface area contributed by atoms with Crippen molar-refractivity contribution in [1.82, 2.24) is 0 Å². The molecule has 0 saturated carbocycles. The minimum atomic E-state index is -1.07. The maximum Gasteiger partial charge on any atom is 0.371 e. The van der Waals surface area contributed by atoms with Crippen molar-refractivity contribution in [3.63, 3.8) is 0 Å². The molecule has 18 heavy (non-hydrogen) atoms. The van der Waals surface area contributed by atoms with Crippen molar-refractivity contribution in [2.24, 2.45) is 5.92 Å². The number of rotatable bonds is 7. The lowest BCUT2D eigenvalue weighted by Gasteiger charge is -2.08. The third kappa shape index (κ3) is 4.61. The zero-order chi connectivity index (χ0) is 13.5. The van der Waals surface area contributed by atoms with Gasteiger partial charge < -0.3 is 14.3 Å². The number of esters is 1. The second-order valence-corrected chi connectivity index (χ2v) is 4.22. The molecular formula is C13H18O5. The van der Waals surface area contributed by atoms with Gasteiger partial charge in [-0.25, -0.2) is 4.79 Å². The van der Waals surface area contributed by atoms with Gasteiger partial charge in [0.05, 0.1) is 6.61 Å². The van der Waals surface area contributed by atoms with Crippen LogP contribution < -0.4 is 0 Å². The predicted molar refractivity (Wildman–Crippen MR) is 64.4 cm³/mol. The Hall–Kier alpha value is -1.78. The number of carboxylic acid groups (broad SMARTS) is 1. The monoisotopic (exact) mass is 254 g/mol. The Bertz CT molecular complexity index is 407. The molecule has 1 aromatic rings. The first-order valence-electron chi connectivity index (χ1n) is 6.00. The Morgan fingerprint density at radius 2 is 2.17 bits per heavy atom. The van der Waals surface area contributed by atoms with Gasteiger partial charge in [-0.15, -0.1) is 0 Å². The van der Waals surface area contributed by atoms with Crippen molar-refractivity contribution in [1.29, 1.82) is 0 Å². The lowest BCUT2D eigenvalue weighted by Crippen LogP contribution is -2.07. The summed E-state index contributed by atoms with van der Waals surface area (Å²) in [5, 5.41) is 8.71. The number of hydrogen-bond donors (Lipinski definition) is 1. The number of carbonyl (C=O) groups is 2. The minimum absolute atomic E-state index is 0.0532. The number of hydrogen-bond acceptors (Lipinski definition) is 4. The Morgan fingerprint density at radius 3 is 2.72 bits per heavy atom. The standard InChI is InChI=1S/C13H18O5/c1-3-17-12(14)7-4-9(2)8-10-5-6-11(18-10)13(15)16/h5-6,9H,3-4,7-8H2,1-2H3,(H,15,16). The van der Waals surface area contributed by atoms with Gasteiger partial charge in [0.15, 0.2) is 0 Å². The maximum atomic E-state index is 11.2. The molecule has 0 aromatic carbocycles. The van der Waals surface area contributed by atoms with E-state index >= 15 is 0 Å². The summed E-state index contributed by atoms with van der Waals surface area (Å²) in [5.74, 6) is -0.455. The topological polar surface area (TPSA) is 76.7 Å². The third-order valence-electron chi connectivity index (χ3n) is 2.57. The summed E-state index contributed by atoms with van der Waals surface area (Å²) in [4.78, 5) is 21.8. The van der Waals surface area contributed by atoms with Gasteiger partial charge in [-0.05, 0) is 31.4 Å². The fraction of sp³-hybridized carbons (Fsp3) is 0.538. The van der Waals surface area contributed by atoms with Crippen LogP contribution in [0.15, 0.2) is 16.5 Å². The number of ether oxygens (including phenoxy) is 1. The van der Waals surface area contributed by atoms with Crippen molar-refractivity contribution in [2.75, 3.05) is 6.61 Å². The molecule has 1 rings (SSSR count). The highest BCUT2D eigenvalue weighted by Gasteiger charge is 2.13. The molecule has 1 unspecified atom stereocenters. The normalized spacial score (nSPS) is 12.1. The van der Waals surface area contributed by atoms with Crippen LogP contribution in [-0.4, -0.2) is 23.7 Å². The largest absolute Gasteiger partial charge is 0.475 e. The van der Waals surface area contributed by atoms with Crippen LogP contribution in [0.2, 0.25) is 0 Å². The molecule has 0 aliphatic rings. The quantitative estimate of drug-likeness (QED) is 0.756. The minimum Gasteiger partial charge on any atom is -0.475 e. The van der Waals surface area contributed by atoms with Crippen LogP contribution in [0.5, 0.6) is 0 Å². The molecule has 0 saturated heterocycles. The smallest absolute Gasteiger partial charge is 0.371 e. The molecular weight excluding hydrogens is 236 g/mol.